The number of fused-ring (bicyclic) bond motifs is 1. The van der Waals surface area contributed by atoms with Crippen LogP contribution < -0.4 is 10.1 Å². The highest BCUT2D eigenvalue weighted by molar-refractivity contribution is 5.82. The second-order valence-corrected chi connectivity index (χ2v) is 7.46. The SMILES string of the molecule is COc1ncccc1CNC1=NCC2CN(C(=O)OC(C)(C)C)CCN12. The summed E-state index contributed by atoms with van der Waals surface area (Å²) in [6, 6.07) is 4.06. The molecule has 3 heterocycles. The molecule has 1 fully saturated rings. The van der Waals surface area contributed by atoms with Crippen LogP contribution in [0.3, 0.4) is 0 Å². The van der Waals surface area contributed by atoms with E-state index >= 15 is 0 Å². The summed E-state index contributed by atoms with van der Waals surface area (Å²) in [5, 5.41) is 3.38. The maximum Gasteiger partial charge on any atom is 0.410 e. The number of pyridine rings is 1. The van der Waals surface area contributed by atoms with E-state index in [2.05, 4.69) is 20.2 Å². The first-order chi connectivity index (χ1) is 12.4. The monoisotopic (exact) mass is 361 g/mol. The molecule has 2 aliphatic heterocycles. The van der Waals surface area contributed by atoms with Crippen molar-refractivity contribution in [1.29, 1.82) is 0 Å². The van der Waals surface area contributed by atoms with Crippen LogP contribution in [0.25, 0.3) is 0 Å². The molecule has 0 saturated carbocycles. The van der Waals surface area contributed by atoms with Crippen molar-refractivity contribution in [1.82, 2.24) is 20.1 Å². The molecule has 0 aliphatic carbocycles. The minimum absolute atomic E-state index is 0.189. The van der Waals surface area contributed by atoms with Crippen molar-refractivity contribution < 1.29 is 14.3 Å². The lowest BCUT2D eigenvalue weighted by molar-refractivity contribution is 0.0137. The van der Waals surface area contributed by atoms with E-state index in [-0.39, 0.29) is 12.1 Å². The van der Waals surface area contributed by atoms with E-state index in [1.807, 2.05) is 32.9 Å². The second kappa shape index (κ2) is 7.39. The Kier molecular flexibility index (Phi) is 5.20. The van der Waals surface area contributed by atoms with E-state index < -0.39 is 5.60 Å². The minimum Gasteiger partial charge on any atom is -0.481 e. The molecule has 142 valence electrons. The van der Waals surface area contributed by atoms with Gasteiger partial charge in [-0.15, -0.1) is 0 Å². The summed E-state index contributed by atoms with van der Waals surface area (Å²) >= 11 is 0. The van der Waals surface area contributed by atoms with Gasteiger partial charge in [-0.2, -0.15) is 0 Å². The van der Waals surface area contributed by atoms with Crippen LogP contribution in [0.15, 0.2) is 23.3 Å². The Balaban J connectivity index is 1.55. The van der Waals surface area contributed by atoms with Crippen LogP contribution in [0.5, 0.6) is 5.88 Å². The molecule has 2 aliphatic rings. The Bertz CT molecular complexity index is 686. The zero-order chi connectivity index (χ0) is 18.7. The largest absolute Gasteiger partial charge is 0.481 e. The summed E-state index contributed by atoms with van der Waals surface area (Å²) in [6.45, 7) is 8.90. The minimum atomic E-state index is -0.476. The molecule has 8 heteroatoms. The molecule has 0 radical (unpaired) electrons. The van der Waals surface area contributed by atoms with Gasteiger partial charge in [-0.25, -0.2) is 9.78 Å². The van der Waals surface area contributed by atoms with Gasteiger partial charge in [0.25, 0.3) is 0 Å². The number of piperazine rings is 1. The van der Waals surface area contributed by atoms with Crippen molar-refractivity contribution in [2.75, 3.05) is 33.3 Å². The molecule has 1 atom stereocenters. The van der Waals surface area contributed by atoms with E-state index in [1.54, 1.807) is 18.2 Å². The molecular formula is C18H27N5O3. The van der Waals surface area contributed by atoms with E-state index in [0.29, 0.717) is 32.1 Å². The molecule has 0 bridgehead atoms. The van der Waals surface area contributed by atoms with Crippen molar-refractivity contribution in [3.8, 4) is 5.88 Å². The van der Waals surface area contributed by atoms with Crippen molar-refractivity contribution in [3.63, 3.8) is 0 Å². The quantitative estimate of drug-likeness (QED) is 0.878. The summed E-state index contributed by atoms with van der Waals surface area (Å²) in [4.78, 5) is 25.1. The molecule has 26 heavy (non-hydrogen) atoms. The van der Waals surface area contributed by atoms with Crippen molar-refractivity contribution in [2.45, 2.75) is 39.0 Å². The van der Waals surface area contributed by atoms with Crippen LogP contribution in [0, 0.1) is 0 Å². The Morgan fingerprint density at radius 3 is 2.92 bits per heavy atom. The van der Waals surface area contributed by atoms with Gasteiger partial charge < -0.3 is 24.6 Å². The number of carbonyl (C=O) groups is 1. The summed E-state index contributed by atoms with van der Waals surface area (Å²) in [5.41, 5.74) is 0.504. The van der Waals surface area contributed by atoms with Gasteiger partial charge in [-0.3, -0.25) is 4.99 Å². The third-order valence-corrected chi connectivity index (χ3v) is 4.34. The van der Waals surface area contributed by atoms with Crippen LogP contribution in [0.1, 0.15) is 26.3 Å². The second-order valence-electron chi connectivity index (χ2n) is 7.46. The summed E-state index contributed by atoms with van der Waals surface area (Å²) in [5.74, 6) is 1.48. The average molecular weight is 361 g/mol. The third kappa shape index (κ3) is 4.17. The predicted molar refractivity (Wildman–Crippen MR) is 98.2 cm³/mol. The Morgan fingerprint density at radius 1 is 1.38 bits per heavy atom. The fourth-order valence-electron chi connectivity index (χ4n) is 3.14. The van der Waals surface area contributed by atoms with Crippen molar-refractivity contribution in [2.24, 2.45) is 4.99 Å². The lowest BCUT2D eigenvalue weighted by Gasteiger charge is -2.39. The van der Waals surface area contributed by atoms with E-state index in [1.165, 1.54) is 0 Å². The maximum absolute atomic E-state index is 12.3. The van der Waals surface area contributed by atoms with Crippen molar-refractivity contribution in [3.05, 3.63) is 23.9 Å². The zero-order valence-electron chi connectivity index (χ0n) is 15.9. The van der Waals surface area contributed by atoms with Gasteiger partial charge >= 0.3 is 6.09 Å². The van der Waals surface area contributed by atoms with Gasteiger partial charge in [0.15, 0.2) is 5.96 Å². The highest BCUT2D eigenvalue weighted by atomic mass is 16.6. The smallest absolute Gasteiger partial charge is 0.410 e. The zero-order valence-corrected chi connectivity index (χ0v) is 15.9. The molecule has 1 amide bonds. The molecule has 1 aromatic heterocycles. The number of nitrogens with zero attached hydrogens (tertiary/aromatic N) is 4. The fraction of sp³-hybridized carbons (Fsp3) is 0.611. The Labute approximate surface area is 154 Å². The molecule has 0 aromatic carbocycles. The van der Waals surface area contributed by atoms with Crippen LogP contribution in [-0.2, 0) is 11.3 Å². The van der Waals surface area contributed by atoms with Crippen molar-refractivity contribution >= 4 is 12.1 Å². The van der Waals surface area contributed by atoms with Gasteiger partial charge in [-0.1, -0.05) is 6.07 Å². The van der Waals surface area contributed by atoms with Gasteiger partial charge in [0.05, 0.1) is 19.7 Å². The van der Waals surface area contributed by atoms with E-state index in [0.717, 1.165) is 18.1 Å². The summed E-state index contributed by atoms with van der Waals surface area (Å²) < 4.78 is 10.8. The fourth-order valence-corrected chi connectivity index (χ4v) is 3.14. The van der Waals surface area contributed by atoms with Crippen LogP contribution in [0.2, 0.25) is 0 Å². The molecule has 1 saturated heterocycles. The number of hydrogen-bond acceptors (Lipinski definition) is 7. The molecule has 1 unspecified atom stereocenters. The highest BCUT2D eigenvalue weighted by Crippen LogP contribution is 2.19. The number of hydrogen-bond donors (Lipinski definition) is 1. The summed E-state index contributed by atoms with van der Waals surface area (Å²) in [7, 11) is 1.62. The van der Waals surface area contributed by atoms with Crippen LogP contribution in [0.4, 0.5) is 4.79 Å². The van der Waals surface area contributed by atoms with Gasteiger partial charge in [-0.05, 0) is 26.8 Å². The highest BCUT2D eigenvalue weighted by Gasteiger charge is 2.36. The molecule has 8 nitrogen and oxygen atoms in total. The normalized spacial score (nSPS) is 19.7. The predicted octanol–water partition coefficient (Wildman–Crippen LogP) is 1.47. The lowest BCUT2D eigenvalue weighted by atomic mass is 10.2. The number of aromatic nitrogens is 1. The number of carbonyl (C=O) groups excluding carboxylic acids is 1. The first-order valence-electron chi connectivity index (χ1n) is 8.88. The third-order valence-electron chi connectivity index (χ3n) is 4.34. The first-order valence-corrected chi connectivity index (χ1v) is 8.88. The number of methoxy groups -OCH3 is 1. The van der Waals surface area contributed by atoms with E-state index in [4.69, 9.17) is 9.47 Å². The van der Waals surface area contributed by atoms with Crippen LogP contribution in [-0.4, -0.2) is 71.8 Å². The Hall–Kier alpha value is -2.51. The molecule has 0 spiro atoms. The number of ether oxygens (including phenoxy) is 2. The number of amides is 1. The molecular weight excluding hydrogens is 334 g/mol. The van der Waals surface area contributed by atoms with Crippen LogP contribution >= 0.6 is 0 Å². The maximum atomic E-state index is 12.3. The number of guanidine groups is 1. The average Bonchev–Trinajstić information content (AvgIpc) is 3.01. The summed E-state index contributed by atoms with van der Waals surface area (Å²) in [6.07, 6.45) is 1.46. The van der Waals surface area contributed by atoms with Gasteiger partial charge in [0, 0.05) is 37.9 Å². The lowest BCUT2D eigenvalue weighted by Crippen LogP contribution is -2.57. The van der Waals surface area contributed by atoms with Gasteiger partial charge in [0.2, 0.25) is 5.88 Å². The first kappa shape index (κ1) is 18.3. The standard InChI is InChI=1S/C18H27N5O3/c1-18(2,3)26-17(24)22-8-9-23-14(12-22)11-21-16(23)20-10-13-6-5-7-19-15(13)25-4/h5-7,14H,8-12H2,1-4H3,(H,20,21). The number of aliphatic imine (C=N–C) groups is 1. The molecule has 1 aromatic rings. The number of rotatable bonds is 3. The Morgan fingerprint density at radius 2 is 2.19 bits per heavy atom. The molecule has 1 N–H and O–H groups in total. The van der Waals surface area contributed by atoms with E-state index in [9.17, 15) is 4.79 Å². The topological polar surface area (TPSA) is 79.3 Å². The number of nitrogens with one attached hydrogen (secondary N) is 1. The molecule has 3 rings (SSSR count). The van der Waals surface area contributed by atoms with Gasteiger partial charge in [0.1, 0.15) is 5.60 Å².